The molecule has 0 N–H and O–H groups in total. The van der Waals surface area contributed by atoms with Gasteiger partial charge >= 0.3 is 0 Å². The molecule has 0 spiro atoms. The summed E-state index contributed by atoms with van der Waals surface area (Å²) in [5.41, 5.74) is 0.291. The van der Waals surface area contributed by atoms with Gasteiger partial charge in [0.2, 0.25) is 5.24 Å². The van der Waals surface area contributed by atoms with Gasteiger partial charge in [-0.3, -0.25) is 4.79 Å². The third-order valence-electron chi connectivity index (χ3n) is 1.67. The lowest BCUT2D eigenvalue weighted by Crippen LogP contribution is -1.97. The SMILES string of the molecule is CC1(CC(=O)Cl)CC1. The minimum atomic E-state index is -0.190. The summed E-state index contributed by atoms with van der Waals surface area (Å²) >= 11 is 5.16. The summed E-state index contributed by atoms with van der Waals surface area (Å²) in [6.45, 7) is 2.09. The molecule has 1 fully saturated rings. The molecule has 8 heavy (non-hydrogen) atoms. The van der Waals surface area contributed by atoms with Crippen LogP contribution in [-0.2, 0) is 4.79 Å². The van der Waals surface area contributed by atoms with Crippen molar-refractivity contribution in [3.8, 4) is 0 Å². The first-order valence-corrected chi connectivity index (χ1v) is 3.19. The first-order chi connectivity index (χ1) is 3.62. The van der Waals surface area contributed by atoms with Crippen LogP contribution in [0.15, 0.2) is 0 Å². The molecule has 1 aliphatic rings. The first-order valence-electron chi connectivity index (χ1n) is 2.81. The van der Waals surface area contributed by atoms with E-state index >= 15 is 0 Å². The highest BCUT2D eigenvalue weighted by atomic mass is 35.5. The zero-order chi connectivity index (χ0) is 6.20. The van der Waals surface area contributed by atoms with Gasteiger partial charge in [0.15, 0.2) is 0 Å². The molecular weight excluding hydrogens is 124 g/mol. The molecule has 0 atom stereocenters. The molecule has 1 rings (SSSR count). The summed E-state index contributed by atoms with van der Waals surface area (Å²) in [5.74, 6) is 0. The van der Waals surface area contributed by atoms with Crippen LogP contribution in [0.25, 0.3) is 0 Å². The van der Waals surface area contributed by atoms with Crippen molar-refractivity contribution in [2.75, 3.05) is 0 Å². The lowest BCUT2D eigenvalue weighted by atomic mass is 10.1. The molecule has 1 aliphatic carbocycles. The fourth-order valence-electron chi connectivity index (χ4n) is 0.726. The summed E-state index contributed by atoms with van der Waals surface area (Å²) in [6, 6.07) is 0. The third kappa shape index (κ3) is 1.48. The highest BCUT2D eigenvalue weighted by Gasteiger charge is 2.38. The van der Waals surface area contributed by atoms with Gasteiger partial charge in [-0.1, -0.05) is 6.92 Å². The smallest absolute Gasteiger partial charge is 0.222 e. The molecule has 0 heterocycles. The predicted octanol–water partition coefficient (Wildman–Crippen LogP) is 1.94. The maximum absolute atomic E-state index is 10.3. The number of hydrogen-bond acceptors (Lipinski definition) is 1. The maximum Gasteiger partial charge on any atom is 0.222 e. The van der Waals surface area contributed by atoms with Crippen LogP contribution in [0, 0.1) is 5.41 Å². The van der Waals surface area contributed by atoms with E-state index < -0.39 is 0 Å². The first kappa shape index (κ1) is 6.09. The lowest BCUT2D eigenvalue weighted by Gasteiger charge is -1.99. The standard InChI is InChI=1S/C6H9ClO/c1-6(2-3-6)4-5(7)8/h2-4H2,1H3. The molecule has 0 unspecified atom stereocenters. The van der Waals surface area contributed by atoms with Crippen LogP contribution in [0.2, 0.25) is 0 Å². The summed E-state index contributed by atoms with van der Waals surface area (Å²) in [4.78, 5) is 10.3. The topological polar surface area (TPSA) is 17.1 Å². The summed E-state index contributed by atoms with van der Waals surface area (Å²) in [5, 5.41) is -0.190. The van der Waals surface area contributed by atoms with E-state index in [1.807, 2.05) is 0 Å². The Kier molecular flexibility index (Phi) is 1.31. The van der Waals surface area contributed by atoms with Crippen LogP contribution in [0.1, 0.15) is 26.2 Å². The molecule has 0 saturated heterocycles. The fraction of sp³-hybridized carbons (Fsp3) is 0.833. The van der Waals surface area contributed by atoms with Crippen molar-refractivity contribution in [2.45, 2.75) is 26.2 Å². The molecule has 0 bridgehead atoms. The van der Waals surface area contributed by atoms with Crippen LogP contribution in [-0.4, -0.2) is 5.24 Å². The van der Waals surface area contributed by atoms with Crippen molar-refractivity contribution in [1.29, 1.82) is 0 Å². The van der Waals surface area contributed by atoms with Crippen molar-refractivity contribution in [2.24, 2.45) is 5.41 Å². The largest absolute Gasteiger partial charge is 0.281 e. The average Bonchev–Trinajstić information content (AvgIpc) is 2.17. The number of carbonyl (C=O) groups excluding carboxylic acids is 1. The minimum Gasteiger partial charge on any atom is -0.281 e. The van der Waals surface area contributed by atoms with E-state index in [0.29, 0.717) is 11.8 Å². The maximum atomic E-state index is 10.3. The van der Waals surface area contributed by atoms with Crippen molar-refractivity contribution >= 4 is 16.8 Å². The Balaban J connectivity index is 2.29. The molecule has 1 nitrogen and oxygen atoms in total. The summed E-state index contributed by atoms with van der Waals surface area (Å²) < 4.78 is 0. The number of halogens is 1. The zero-order valence-electron chi connectivity index (χ0n) is 4.91. The molecule has 2 heteroatoms. The summed E-state index contributed by atoms with van der Waals surface area (Å²) in [6.07, 6.45) is 2.91. The third-order valence-corrected chi connectivity index (χ3v) is 1.80. The van der Waals surface area contributed by atoms with Crippen molar-refractivity contribution in [3.05, 3.63) is 0 Å². The Morgan fingerprint density at radius 3 is 2.38 bits per heavy atom. The second-order valence-electron chi connectivity index (χ2n) is 2.84. The Hall–Kier alpha value is -0.0400. The minimum absolute atomic E-state index is 0.190. The van der Waals surface area contributed by atoms with Gasteiger partial charge in [-0.2, -0.15) is 0 Å². The van der Waals surface area contributed by atoms with Gasteiger partial charge in [-0.05, 0) is 29.9 Å². The van der Waals surface area contributed by atoms with E-state index in [2.05, 4.69) is 6.92 Å². The van der Waals surface area contributed by atoms with Crippen LogP contribution >= 0.6 is 11.6 Å². The molecule has 0 amide bonds. The van der Waals surface area contributed by atoms with Gasteiger partial charge < -0.3 is 0 Å². The highest BCUT2D eigenvalue weighted by molar-refractivity contribution is 6.63. The molecular formula is C6H9ClO. The average molecular weight is 133 g/mol. The second-order valence-corrected chi connectivity index (χ2v) is 3.26. The van der Waals surface area contributed by atoms with Gasteiger partial charge in [0.25, 0.3) is 0 Å². The Morgan fingerprint density at radius 2 is 2.25 bits per heavy atom. The normalized spacial score (nSPS) is 22.8. The van der Waals surface area contributed by atoms with Crippen molar-refractivity contribution in [3.63, 3.8) is 0 Å². The van der Waals surface area contributed by atoms with Gasteiger partial charge in [-0.15, -0.1) is 0 Å². The van der Waals surface area contributed by atoms with E-state index in [1.165, 1.54) is 12.8 Å². The van der Waals surface area contributed by atoms with Crippen LogP contribution < -0.4 is 0 Å². The predicted molar refractivity (Wildman–Crippen MR) is 32.8 cm³/mol. The molecule has 0 aromatic heterocycles. The second kappa shape index (κ2) is 1.73. The van der Waals surface area contributed by atoms with E-state index in [4.69, 9.17) is 11.6 Å². The summed E-state index contributed by atoms with van der Waals surface area (Å²) in [7, 11) is 0. The monoisotopic (exact) mass is 132 g/mol. The number of carbonyl (C=O) groups is 1. The van der Waals surface area contributed by atoms with Crippen LogP contribution in [0.5, 0.6) is 0 Å². The van der Waals surface area contributed by atoms with Crippen LogP contribution in [0.3, 0.4) is 0 Å². The number of hydrogen-bond donors (Lipinski definition) is 0. The molecule has 0 aliphatic heterocycles. The van der Waals surface area contributed by atoms with E-state index in [-0.39, 0.29) is 5.24 Å². The van der Waals surface area contributed by atoms with Gasteiger partial charge in [0, 0.05) is 6.42 Å². The van der Waals surface area contributed by atoms with Crippen molar-refractivity contribution in [1.82, 2.24) is 0 Å². The Bertz CT molecular complexity index is 116. The van der Waals surface area contributed by atoms with Gasteiger partial charge in [0.05, 0.1) is 0 Å². The number of rotatable bonds is 2. The quantitative estimate of drug-likeness (QED) is 0.525. The molecule has 0 aromatic rings. The van der Waals surface area contributed by atoms with E-state index in [1.54, 1.807) is 0 Å². The fourth-order valence-corrected chi connectivity index (χ4v) is 1.05. The van der Waals surface area contributed by atoms with E-state index in [9.17, 15) is 4.79 Å². The van der Waals surface area contributed by atoms with Gasteiger partial charge in [-0.25, -0.2) is 0 Å². The molecule has 0 radical (unpaired) electrons. The highest BCUT2D eigenvalue weighted by Crippen LogP contribution is 2.48. The molecule has 46 valence electrons. The van der Waals surface area contributed by atoms with Crippen molar-refractivity contribution < 1.29 is 4.79 Å². The molecule has 1 saturated carbocycles. The Labute approximate surface area is 54.0 Å². The lowest BCUT2D eigenvalue weighted by molar-refractivity contribution is -0.112. The Morgan fingerprint density at radius 1 is 1.75 bits per heavy atom. The van der Waals surface area contributed by atoms with E-state index in [0.717, 1.165) is 0 Å². The zero-order valence-corrected chi connectivity index (χ0v) is 5.66. The van der Waals surface area contributed by atoms with Gasteiger partial charge in [0.1, 0.15) is 0 Å². The molecule has 0 aromatic carbocycles. The van der Waals surface area contributed by atoms with Crippen LogP contribution in [0.4, 0.5) is 0 Å².